The van der Waals surface area contributed by atoms with Crippen LogP contribution in [0.15, 0.2) is 54.6 Å². The fraction of sp³-hybridized carbons (Fsp3) is 0.429. The molecular weight excluding hydrogens is 589 g/mol. The molecule has 2 aliphatic heterocycles. The van der Waals surface area contributed by atoms with Crippen molar-refractivity contribution in [3.8, 4) is 5.88 Å². The molecule has 0 radical (unpaired) electrons. The molecule has 1 aliphatic carbocycles. The Bertz CT molecular complexity index is 1770. The van der Waals surface area contributed by atoms with Gasteiger partial charge in [0.15, 0.2) is 5.78 Å². The van der Waals surface area contributed by atoms with Crippen molar-refractivity contribution in [3.05, 3.63) is 82.9 Å². The van der Waals surface area contributed by atoms with Crippen LogP contribution in [0.4, 0.5) is 10.2 Å². The number of anilines is 1. The molecule has 2 aromatic heterocycles. The number of hydrogen-bond donors (Lipinski definition) is 0. The molecule has 1 saturated carbocycles. The van der Waals surface area contributed by atoms with Crippen LogP contribution in [0.1, 0.15) is 58.3 Å². The Kier molecular flexibility index (Phi) is 8.44. The zero-order chi connectivity index (χ0) is 31.8. The Morgan fingerprint density at radius 2 is 1.85 bits per heavy atom. The molecule has 7 rings (SSSR count). The molecular formula is C35H38FN5O5. The largest absolute Gasteiger partial charge is 0.473 e. The number of fused-ring (bicyclic) bond motifs is 1. The number of carbonyl (C=O) groups excluding carboxylic acids is 2. The maximum atomic E-state index is 14.7. The Labute approximate surface area is 267 Å². The highest BCUT2D eigenvalue weighted by Crippen LogP contribution is 2.33. The average molecular weight is 628 g/mol. The van der Waals surface area contributed by atoms with E-state index >= 15 is 0 Å². The number of Topliss-reactive ketones (excluding diaryl/α,β-unsaturated/α-hetero) is 1. The number of methoxy groups -OCH3 is 1. The van der Waals surface area contributed by atoms with Gasteiger partial charge in [0.2, 0.25) is 5.88 Å². The Hall–Kier alpha value is -4.35. The summed E-state index contributed by atoms with van der Waals surface area (Å²) in [6.07, 6.45) is 2.92. The zero-order valence-electron chi connectivity index (χ0n) is 26.2. The minimum absolute atomic E-state index is 0.0196. The summed E-state index contributed by atoms with van der Waals surface area (Å²) in [5.74, 6) is 1.43. The van der Waals surface area contributed by atoms with Gasteiger partial charge in [0.25, 0.3) is 0 Å². The summed E-state index contributed by atoms with van der Waals surface area (Å²) < 4.78 is 33.5. The normalized spacial score (nSPS) is 20.0. The second-order valence-electron chi connectivity index (χ2n) is 12.4. The molecule has 11 heteroatoms. The summed E-state index contributed by atoms with van der Waals surface area (Å²) in [5.41, 5.74) is 3.06. The van der Waals surface area contributed by atoms with Gasteiger partial charge in [-0.2, -0.15) is 4.98 Å². The molecule has 2 atom stereocenters. The lowest BCUT2D eigenvalue weighted by atomic mass is 10.0. The Balaban J connectivity index is 1.01. The van der Waals surface area contributed by atoms with Crippen LogP contribution in [0.5, 0.6) is 5.88 Å². The van der Waals surface area contributed by atoms with Gasteiger partial charge in [-0.15, -0.1) is 0 Å². The van der Waals surface area contributed by atoms with E-state index in [2.05, 4.69) is 21.3 Å². The van der Waals surface area contributed by atoms with Crippen molar-refractivity contribution in [2.24, 2.45) is 5.92 Å². The third kappa shape index (κ3) is 6.34. The third-order valence-electron chi connectivity index (χ3n) is 9.23. The fourth-order valence-electron chi connectivity index (χ4n) is 6.20. The predicted octanol–water partition coefficient (Wildman–Crippen LogP) is 5.03. The quantitative estimate of drug-likeness (QED) is 0.168. The number of imidazole rings is 1. The van der Waals surface area contributed by atoms with Crippen LogP contribution in [-0.4, -0.2) is 76.7 Å². The number of ketones is 1. The molecule has 0 amide bonds. The van der Waals surface area contributed by atoms with Crippen molar-refractivity contribution in [3.63, 3.8) is 0 Å². The molecule has 2 saturated heterocycles. The number of benzene rings is 2. The van der Waals surface area contributed by atoms with Crippen LogP contribution in [0.3, 0.4) is 0 Å². The predicted molar refractivity (Wildman–Crippen MR) is 170 cm³/mol. The number of pyridine rings is 1. The molecule has 2 unspecified atom stereocenters. The van der Waals surface area contributed by atoms with E-state index < -0.39 is 5.82 Å². The standard InChI is InChI=1S/C35H38FN5O5/c1-22-18-40(31-4-3-5-33(38-31)46-21-26-9-8-24(16-28(26)36)34(42)23-6-7-23)14-13-39(22)20-32-37-29-11-10-25(35(43)44-2)17-30(29)41(32)19-27-12-15-45-27/h3-5,8-11,16-17,22-23,27H,6-7,12-15,18-21H2,1-2H3. The Morgan fingerprint density at radius 3 is 2.57 bits per heavy atom. The molecule has 2 aromatic carbocycles. The highest BCUT2D eigenvalue weighted by Gasteiger charge is 2.31. The number of aromatic nitrogens is 3. The first-order chi connectivity index (χ1) is 22.4. The van der Waals surface area contributed by atoms with Crippen molar-refractivity contribution in [2.45, 2.75) is 58.0 Å². The monoisotopic (exact) mass is 627 g/mol. The summed E-state index contributed by atoms with van der Waals surface area (Å²) in [6, 6.07) is 16.0. The van der Waals surface area contributed by atoms with Crippen molar-refractivity contribution in [2.75, 3.05) is 38.3 Å². The maximum absolute atomic E-state index is 14.7. The van der Waals surface area contributed by atoms with Gasteiger partial charge in [-0.3, -0.25) is 9.69 Å². The number of ether oxygens (including phenoxy) is 3. The average Bonchev–Trinajstić information content (AvgIpc) is 3.84. The number of piperazine rings is 1. The van der Waals surface area contributed by atoms with E-state index in [9.17, 15) is 14.0 Å². The minimum atomic E-state index is -0.440. The lowest BCUT2D eigenvalue weighted by Gasteiger charge is -2.40. The molecule has 46 heavy (non-hydrogen) atoms. The molecule has 4 heterocycles. The summed E-state index contributed by atoms with van der Waals surface area (Å²) in [7, 11) is 1.39. The summed E-state index contributed by atoms with van der Waals surface area (Å²) in [4.78, 5) is 38.9. The van der Waals surface area contributed by atoms with E-state index in [0.717, 1.165) is 68.2 Å². The number of carbonyl (C=O) groups is 2. The van der Waals surface area contributed by atoms with Gasteiger partial charge < -0.3 is 23.7 Å². The molecule has 3 aliphatic rings. The van der Waals surface area contributed by atoms with Crippen LogP contribution in [0, 0.1) is 11.7 Å². The van der Waals surface area contributed by atoms with Crippen LogP contribution in [0.25, 0.3) is 11.0 Å². The Morgan fingerprint density at radius 1 is 1.02 bits per heavy atom. The van der Waals surface area contributed by atoms with Crippen LogP contribution < -0.4 is 9.64 Å². The van der Waals surface area contributed by atoms with Gasteiger partial charge in [-0.25, -0.2) is 14.2 Å². The molecule has 0 N–H and O–H groups in total. The summed E-state index contributed by atoms with van der Waals surface area (Å²) in [6.45, 7) is 6.69. The number of nitrogens with zero attached hydrogens (tertiary/aromatic N) is 5. The van der Waals surface area contributed by atoms with Crippen LogP contribution in [-0.2, 0) is 29.2 Å². The van der Waals surface area contributed by atoms with E-state index in [4.69, 9.17) is 24.2 Å². The first-order valence-electron chi connectivity index (χ1n) is 16.0. The fourth-order valence-corrected chi connectivity index (χ4v) is 6.20. The highest BCUT2D eigenvalue weighted by molar-refractivity contribution is 5.99. The molecule has 10 nitrogen and oxygen atoms in total. The van der Waals surface area contributed by atoms with Gasteiger partial charge in [0, 0.05) is 55.4 Å². The highest BCUT2D eigenvalue weighted by atomic mass is 19.1. The number of hydrogen-bond acceptors (Lipinski definition) is 9. The summed E-state index contributed by atoms with van der Waals surface area (Å²) in [5, 5.41) is 0. The SMILES string of the molecule is COC(=O)c1ccc2nc(CN3CCN(c4cccc(OCc5ccc(C(=O)C6CC6)cc5F)n4)CC3C)n(CC3CCO3)c2c1. The molecule has 0 bridgehead atoms. The van der Waals surface area contributed by atoms with Crippen molar-refractivity contribution < 1.29 is 28.2 Å². The van der Waals surface area contributed by atoms with Gasteiger partial charge in [0.1, 0.15) is 24.1 Å². The molecule has 3 fully saturated rings. The second-order valence-corrected chi connectivity index (χ2v) is 12.4. The summed E-state index contributed by atoms with van der Waals surface area (Å²) >= 11 is 0. The third-order valence-corrected chi connectivity index (χ3v) is 9.23. The zero-order valence-corrected chi connectivity index (χ0v) is 26.2. The van der Waals surface area contributed by atoms with E-state index in [1.165, 1.54) is 13.2 Å². The van der Waals surface area contributed by atoms with E-state index in [1.54, 1.807) is 24.3 Å². The first-order valence-corrected chi connectivity index (χ1v) is 16.0. The van der Waals surface area contributed by atoms with Crippen molar-refractivity contribution in [1.82, 2.24) is 19.4 Å². The molecule has 240 valence electrons. The van der Waals surface area contributed by atoms with Gasteiger partial charge >= 0.3 is 5.97 Å². The smallest absolute Gasteiger partial charge is 0.337 e. The first kappa shape index (κ1) is 30.3. The van der Waals surface area contributed by atoms with Gasteiger partial charge in [-0.05, 0) is 56.5 Å². The van der Waals surface area contributed by atoms with Crippen molar-refractivity contribution >= 4 is 28.6 Å². The maximum Gasteiger partial charge on any atom is 0.337 e. The number of rotatable bonds is 11. The molecule has 4 aromatic rings. The minimum Gasteiger partial charge on any atom is -0.473 e. The van der Waals surface area contributed by atoms with Crippen molar-refractivity contribution in [1.29, 1.82) is 0 Å². The van der Waals surface area contributed by atoms with E-state index in [0.29, 0.717) is 35.7 Å². The lowest BCUT2D eigenvalue weighted by Crippen LogP contribution is -2.52. The molecule has 0 spiro atoms. The van der Waals surface area contributed by atoms with Crippen LogP contribution >= 0.6 is 0 Å². The van der Waals surface area contributed by atoms with Gasteiger partial charge in [-0.1, -0.05) is 18.2 Å². The van der Waals surface area contributed by atoms with Gasteiger partial charge in [0.05, 0.1) is 42.9 Å². The topological polar surface area (TPSA) is 99.0 Å². The van der Waals surface area contributed by atoms with E-state index in [-0.39, 0.29) is 36.4 Å². The number of esters is 1. The second kappa shape index (κ2) is 12.8. The van der Waals surface area contributed by atoms with E-state index in [1.807, 2.05) is 24.3 Å². The number of halogens is 1. The lowest BCUT2D eigenvalue weighted by molar-refractivity contribution is -0.0592. The van der Waals surface area contributed by atoms with Crippen LogP contribution in [0.2, 0.25) is 0 Å².